The molecule has 2 heteroatoms. The summed E-state index contributed by atoms with van der Waals surface area (Å²) in [5.74, 6) is 0. The fraction of sp³-hybridized carbons (Fsp3) is 0.750. The van der Waals surface area contributed by atoms with Gasteiger partial charge in [0.25, 0.3) is 0 Å². The highest BCUT2D eigenvalue weighted by Crippen LogP contribution is 1.94. The lowest BCUT2D eigenvalue weighted by Crippen LogP contribution is -1.84. The third-order valence-corrected chi connectivity index (χ3v) is 0.569. The predicted molar refractivity (Wildman–Crippen MR) is 28.7 cm³/mol. The highest BCUT2D eigenvalue weighted by molar-refractivity contribution is 7.80. The van der Waals surface area contributed by atoms with Crippen LogP contribution in [0.25, 0.3) is 0 Å². The molecule has 6 heavy (non-hydrogen) atoms. The van der Waals surface area contributed by atoms with Crippen molar-refractivity contribution in [1.82, 2.24) is 0 Å². The van der Waals surface area contributed by atoms with Crippen molar-refractivity contribution in [3.63, 3.8) is 0 Å². The molecule has 0 aliphatic carbocycles. The van der Waals surface area contributed by atoms with E-state index in [0.717, 1.165) is 0 Å². The van der Waals surface area contributed by atoms with Crippen LogP contribution in [-0.2, 0) is 0 Å². The van der Waals surface area contributed by atoms with Gasteiger partial charge in [-0.1, -0.05) is 6.92 Å². The molecule has 0 aromatic carbocycles. The summed E-state index contributed by atoms with van der Waals surface area (Å²) >= 11 is 3.96. The minimum atomic E-state index is 0.231. The standard InChI is InChI=1S/C4H7NS/c1-4(6)2-3-5/h4,6H,2H2,1H3. The summed E-state index contributed by atoms with van der Waals surface area (Å²) in [7, 11) is 0. The first-order valence-corrected chi connectivity index (χ1v) is 2.34. The van der Waals surface area contributed by atoms with Gasteiger partial charge in [-0.2, -0.15) is 17.9 Å². The molecule has 0 saturated carbocycles. The fourth-order valence-electron chi connectivity index (χ4n) is 0.132. The molecule has 0 aliphatic heterocycles. The molecule has 0 spiro atoms. The molecule has 34 valence electrons. The summed E-state index contributed by atoms with van der Waals surface area (Å²) in [6.45, 7) is 1.90. The van der Waals surface area contributed by atoms with Gasteiger partial charge in [-0.3, -0.25) is 0 Å². The van der Waals surface area contributed by atoms with E-state index in [-0.39, 0.29) is 5.25 Å². The predicted octanol–water partition coefficient (Wildman–Crippen LogP) is 1.22. The smallest absolute Gasteiger partial charge is 0.0633 e. The minimum absolute atomic E-state index is 0.231. The first-order chi connectivity index (χ1) is 2.77. The molecule has 0 heterocycles. The van der Waals surface area contributed by atoms with Gasteiger partial charge in [0.05, 0.1) is 6.07 Å². The molecule has 0 aromatic heterocycles. The number of hydrogen-bond acceptors (Lipinski definition) is 2. The first-order valence-electron chi connectivity index (χ1n) is 1.82. The largest absolute Gasteiger partial charge is 0.198 e. The maximum absolute atomic E-state index is 7.94. The van der Waals surface area contributed by atoms with E-state index in [1.807, 2.05) is 13.0 Å². The Morgan fingerprint density at radius 2 is 2.50 bits per heavy atom. The quantitative estimate of drug-likeness (QED) is 0.493. The van der Waals surface area contributed by atoms with E-state index in [1.54, 1.807) is 0 Å². The second-order valence-electron chi connectivity index (χ2n) is 1.21. The van der Waals surface area contributed by atoms with Gasteiger partial charge >= 0.3 is 0 Å². The number of thiol groups is 1. The van der Waals surface area contributed by atoms with Crippen LogP contribution in [0.2, 0.25) is 0 Å². The Balaban J connectivity index is 2.88. The van der Waals surface area contributed by atoms with Crippen LogP contribution in [-0.4, -0.2) is 5.25 Å². The van der Waals surface area contributed by atoms with Crippen LogP contribution < -0.4 is 0 Å². The summed E-state index contributed by atoms with van der Waals surface area (Å²) in [6, 6.07) is 1.99. The topological polar surface area (TPSA) is 23.8 Å². The van der Waals surface area contributed by atoms with Gasteiger partial charge in [-0.15, -0.1) is 0 Å². The third kappa shape index (κ3) is 3.84. The fourth-order valence-corrected chi connectivity index (χ4v) is 0.214. The summed E-state index contributed by atoms with van der Waals surface area (Å²) in [6.07, 6.45) is 0.545. The number of hydrogen-bond donors (Lipinski definition) is 1. The van der Waals surface area contributed by atoms with Crippen molar-refractivity contribution in [3.8, 4) is 6.07 Å². The van der Waals surface area contributed by atoms with Gasteiger partial charge in [0.1, 0.15) is 0 Å². The Morgan fingerprint density at radius 3 is 2.50 bits per heavy atom. The lowest BCUT2D eigenvalue weighted by molar-refractivity contribution is 1.000. The SMILES string of the molecule is CC(S)CC#N. The zero-order valence-corrected chi connectivity index (χ0v) is 4.57. The molecule has 1 atom stereocenters. The molecular weight excluding hydrogens is 94.1 g/mol. The molecule has 0 amide bonds. The van der Waals surface area contributed by atoms with Gasteiger partial charge in [0, 0.05) is 11.7 Å². The molecule has 0 rings (SSSR count). The summed E-state index contributed by atoms with van der Waals surface area (Å²) < 4.78 is 0. The van der Waals surface area contributed by atoms with Gasteiger partial charge in [0.2, 0.25) is 0 Å². The Morgan fingerprint density at radius 1 is 2.00 bits per heavy atom. The molecule has 0 saturated heterocycles. The first kappa shape index (κ1) is 5.84. The van der Waals surface area contributed by atoms with E-state index < -0.39 is 0 Å². The Kier molecular flexibility index (Phi) is 2.97. The molecule has 0 aromatic rings. The summed E-state index contributed by atoms with van der Waals surface area (Å²) in [4.78, 5) is 0. The van der Waals surface area contributed by atoms with E-state index >= 15 is 0 Å². The van der Waals surface area contributed by atoms with Crippen LogP contribution in [0.15, 0.2) is 0 Å². The average Bonchev–Trinajstić information content (AvgIpc) is 1.35. The molecular formula is C4H7NS. The van der Waals surface area contributed by atoms with Crippen molar-refractivity contribution in [2.24, 2.45) is 0 Å². The normalized spacial score (nSPS) is 12.8. The van der Waals surface area contributed by atoms with Crippen LogP contribution in [0.3, 0.4) is 0 Å². The van der Waals surface area contributed by atoms with Crippen molar-refractivity contribution >= 4 is 12.6 Å². The Labute approximate surface area is 43.4 Å². The minimum Gasteiger partial charge on any atom is -0.198 e. The second-order valence-corrected chi connectivity index (χ2v) is 2.09. The van der Waals surface area contributed by atoms with Crippen LogP contribution in [0.5, 0.6) is 0 Å². The van der Waals surface area contributed by atoms with Crippen molar-refractivity contribution in [1.29, 1.82) is 5.26 Å². The van der Waals surface area contributed by atoms with Crippen molar-refractivity contribution in [2.45, 2.75) is 18.6 Å². The van der Waals surface area contributed by atoms with E-state index in [9.17, 15) is 0 Å². The van der Waals surface area contributed by atoms with Gasteiger partial charge < -0.3 is 0 Å². The van der Waals surface area contributed by atoms with Crippen LogP contribution in [0.1, 0.15) is 13.3 Å². The molecule has 0 bridgehead atoms. The van der Waals surface area contributed by atoms with Crippen LogP contribution in [0.4, 0.5) is 0 Å². The van der Waals surface area contributed by atoms with Gasteiger partial charge in [-0.05, 0) is 0 Å². The summed E-state index contributed by atoms with van der Waals surface area (Å²) in [5.41, 5.74) is 0. The Hall–Kier alpha value is -0.160. The number of nitriles is 1. The monoisotopic (exact) mass is 101 g/mol. The lowest BCUT2D eigenvalue weighted by atomic mass is 10.4. The van der Waals surface area contributed by atoms with Crippen molar-refractivity contribution in [2.75, 3.05) is 0 Å². The Bertz CT molecular complexity index is 62.4. The highest BCUT2D eigenvalue weighted by atomic mass is 32.1. The maximum Gasteiger partial charge on any atom is 0.0633 e. The highest BCUT2D eigenvalue weighted by Gasteiger charge is 1.86. The molecule has 1 nitrogen and oxygen atoms in total. The molecule has 1 unspecified atom stereocenters. The molecule has 0 N–H and O–H groups in total. The van der Waals surface area contributed by atoms with Crippen LogP contribution in [0, 0.1) is 11.3 Å². The molecule has 0 radical (unpaired) electrons. The lowest BCUT2D eigenvalue weighted by Gasteiger charge is -1.87. The summed E-state index contributed by atoms with van der Waals surface area (Å²) in [5, 5.41) is 8.17. The van der Waals surface area contributed by atoms with E-state index in [0.29, 0.717) is 6.42 Å². The maximum atomic E-state index is 7.94. The molecule has 0 fully saturated rings. The average molecular weight is 101 g/mol. The van der Waals surface area contributed by atoms with E-state index in [2.05, 4.69) is 12.6 Å². The third-order valence-electron chi connectivity index (χ3n) is 0.387. The van der Waals surface area contributed by atoms with Crippen molar-refractivity contribution in [3.05, 3.63) is 0 Å². The zero-order valence-electron chi connectivity index (χ0n) is 3.68. The molecule has 0 aliphatic rings. The van der Waals surface area contributed by atoms with E-state index in [4.69, 9.17) is 5.26 Å². The second kappa shape index (κ2) is 3.05. The van der Waals surface area contributed by atoms with E-state index in [1.165, 1.54) is 0 Å². The van der Waals surface area contributed by atoms with Gasteiger partial charge in [0.15, 0.2) is 0 Å². The van der Waals surface area contributed by atoms with Gasteiger partial charge in [-0.25, -0.2) is 0 Å². The van der Waals surface area contributed by atoms with Crippen LogP contribution >= 0.6 is 12.6 Å². The number of nitrogens with zero attached hydrogens (tertiary/aromatic N) is 1. The zero-order chi connectivity index (χ0) is 4.99. The van der Waals surface area contributed by atoms with Crippen molar-refractivity contribution < 1.29 is 0 Å². The number of rotatable bonds is 1.